The van der Waals surface area contributed by atoms with Crippen molar-refractivity contribution in [2.45, 2.75) is 26.4 Å². The Kier molecular flexibility index (Phi) is 4.35. The lowest BCUT2D eigenvalue weighted by atomic mass is 10.1. The van der Waals surface area contributed by atoms with Gasteiger partial charge in [0.15, 0.2) is 0 Å². The molecular weight excluding hydrogens is 228 g/mol. The standard InChI is InChI=1S/C14H22N2O2/c1-10-8-11(15-4)6-7-12(10)13(17)16(5)9-14(2,3)18/h6-8,15,18H,9H2,1-5H3. The first-order valence-corrected chi connectivity index (χ1v) is 6.01. The lowest BCUT2D eigenvalue weighted by Gasteiger charge is -2.26. The molecule has 0 saturated carbocycles. The van der Waals surface area contributed by atoms with Crippen LogP contribution in [0.25, 0.3) is 0 Å². The third-order valence-electron chi connectivity index (χ3n) is 2.72. The molecule has 1 amide bonds. The first-order valence-electron chi connectivity index (χ1n) is 6.01. The molecule has 1 aromatic carbocycles. The first-order chi connectivity index (χ1) is 8.24. The van der Waals surface area contributed by atoms with Gasteiger partial charge in [-0.25, -0.2) is 0 Å². The highest BCUT2D eigenvalue weighted by Gasteiger charge is 2.21. The van der Waals surface area contributed by atoms with Crippen LogP contribution in [0, 0.1) is 6.92 Å². The Balaban J connectivity index is 2.90. The molecule has 0 aliphatic rings. The van der Waals surface area contributed by atoms with Crippen LogP contribution in [0.4, 0.5) is 5.69 Å². The minimum Gasteiger partial charge on any atom is -0.389 e. The summed E-state index contributed by atoms with van der Waals surface area (Å²) in [4.78, 5) is 13.8. The van der Waals surface area contributed by atoms with Gasteiger partial charge in [0.05, 0.1) is 5.60 Å². The molecule has 4 heteroatoms. The Morgan fingerprint density at radius 3 is 2.50 bits per heavy atom. The quantitative estimate of drug-likeness (QED) is 0.858. The van der Waals surface area contributed by atoms with Crippen molar-refractivity contribution in [3.05, 3.63) is 29.3 Å². The molecule has 0 unspecified atom stereocenters. The van der Waals surface area contributed by atoms with Gasteiger partial charge in [0.25, 0.3) is 5.91 Å². The highest BCUT2D eigenvalue weighted by Crippen LogP contribution is 2.17. The number of hydrogen-bond acceptors (Lipinski definition) is 3. The Morgan fingerprint density at radius 1 is 1.44 bits per heavy atom. The molecule has 2 N–H and O–H groups in total. The molecule has 18 heavy (non-hydrogen) atoms. The topological polar surface area (TPSA) is 52.6 Å². The second kappa shape index (κ2) is 5.40. The maximum atomic E-state index is 12.2. The molecule has 0 aliphatic carbocycles. The minimum absolute atomic E-state index is 0.0720. The molecule has 1 aromatic rings. The van der Waals surface area contributed by atoms with Gasteiger partial charge in [-0.05, 0) is 44.5 Å². The number of nitrogens with one attached hydrogen (secondary N) is 1. The van der Waals surface area contributed by atoms with Gasteiger partial charge in [0.1, 0.15) is 0 Å². The lowest BCUT2D eigenvalue weighted by molar-refractivity contribution is 0.0367. The van der Waals surface area contributed by atoms with Crippen molar-refractivity contribution in [3.63, 3.8) is 0 Å². The van der Waals surface area contributed by atoms with Crippen LogP contribution in [0.3, 0.4) is 0 Å². The Bertz CT molecular complexity index is 436. The van der Waals surface area contributed by atoms with Crippen LogP contribution in [0.1, 0.15) is 29.8 Å². The van der Waals surface area contributed by atoms with Gasteiger partial charge < -0.3 is 15.3 Å². The Labute approximate surface area is 109 Å². The van der Waals surface area contributed by atoms with Crippen LogP contribution >= 0.6 is 0 Å². The van der Waals surface area contributed by atoms with Crippen molar-refractivity contribution < 1.29 is 9.90 Å². The number of aryl methyl sites for hydroxylation is 1. The fourth-order valence-corrected chi connectivity index (χ4v) is 1.92. The molecule has 0 saturated heterocycles. The van der Waals surface area contributed by atoms with E-state index in [1.54, 1.807) is 25.8 Å². The molecule has 0 heterocycles. The van der Waals surface area contributed by atoms with E-state index in [-0.39, 0.29) is 5.91 Å². The van der Waals surface area contributed by atoms with Crippen molar-refractivity contribution in [1.29, 1.82) is 0 Å². The maximum Gasteiger partial charge on any atom is 0.253 e. The highest BCUT2D eigenvalue weighted by atomic mass is 16.3. The van der Waals surface area contributed by atoms with E-state index in [4.69, 9.17) is 0 Å². The van der Waals surface area contributed by atoms with E-state index in [2.05, 4.69) is 5.32 Å². The number of likely N-dealkylation sites (N-methyl/N-ethyl adjacent to an activating group) is 1. The van der Waals surface area contributed by atoms with E-state index >= 15 is 0 Å². The number of benzene rings is 1. The molecule has 0 radical (unpaired) electrons. The molecule has 1 rings (SSSR count). The summed E-state index contributed by atoms with van der Waals surface area (Å²) in [6.45, 7) is 5.59. The van der Waals surface area contributed by atoms with E-state index < -0.39 is 5.60 Å². The summed E-state index contributed by atoms with van der Waals surface area (Å²) in [6, 6.07) is 5.62. The maximum absolute atomic E-state index is 12.2. The van der Waals surface area contributed by atoms with Crippen LogP contribution < -0.4 is 5.32 Å². The molecule has 100 valence electrons. The van der Waals surface area contributed by atoms with Gasteiger partial charge in [-0.15, -0.1) is 0 Å². The zero-order valence-corrected chi connectivity index (χ0v) is 11.7. The van der Waals surface area contributed by atoms with Crippen molar-refractivity contribution in [3.8, 4) is 0 Å². The summed E-state index contributed by atoms with van der Waals surface area (Å²) in [5, 5.41) is 12.8. The summed E-state index contributed by atoms with van der Waals surface area (Å²) >= 11 is 0. The van der Waals surface area contributed by atoms with Gasteiger partial charge >= 0.3 is 0 Å². The van der Waals surface area contributed by atoms with Crippen molar-refractivity contribution in [2.75, 3.05) is 26.0 Å². The molecule has 0 aliphatic heterocycles. The Hall–Kier alpha value is -1.55. The summed E-state index contributed by atoms with van der Waals surface area (Å²) < 4.78 is 0. The van der Waals surface area contributed by atoms with Crippen LogP contribution in [-0.2, 0) is 0 Å². The molecular formula is C14H22N2O2. The average Bonchev–Trinajstić information content (AvgIpc) is 2.25. The zero-order chi connectivity index (χ0) is 13.9. The monoisotopic (exact) mass is 250 g/mol. The van der Waals surface area contributed by atoms with Crippen molar-refractivity contribution in [2.24, 2.45) is 0 Å². The van der Waals surface area contributed by atoms with Crippen LogP contribution in [0.2, 0.25) is 0 Å². The molecule has 0 aromatic heterocycles. The first kappa shape index (κ1) is 14.5. The van der Waals surface area contributed by atoms with E-state index in [1.807, 2.05) is 32.2 Å². The molecule has 0 bridgehead atoms. The number of carbonyl (C=O) groups excluding carboxylic acids is 1. The number of anilines is 1. The molecule has 0 spiro atoms. The third kappa shape index (κ3) is 3.74. The SMILES string of the molecule is CNc1ccc(C(=O)N(C)CC(C)(C)O)c(C)c1. The highest BCUT2D eigenvalue weighted by molar-refractivity contribution is 5.96. The van der Waals surface area contributed by atoms with E-state index in [1.165, 1.54) is 0 Å². The van der Waals surface area contributed by atoms with Gasteiger partial charge in [-0.1, -0.05) is 0 Å². The largest absolute Gasteiger partial charge is 0.389 e. The summed E-state index contributed by atoms with van der Waals surface area (Å²) in [6.07, 6.45) is 0. The molecule has 0 fully saturated rings. The van der Waals surface area contributed by atoms with E-state index in [0.717, 1.165) is 11.3 Å². The van der Waals surface area contributed by atoms with Gasteiger partial charge in [0.2, 0.25) is 0 Å². The minimum atomic E-state index is -0.886. The predicted octanol–water partition coefficient (Wildman–Crippen LogP) is 1.88. The van der Waals surface area contributed by atoms with Crippen LogP contribution in [0.5, 0.6) is 0 Å². The van der Waals surface area contributed by atoms with Gasteiger partial charge in [0, 0.05) is 31.9 Å². The van der Waals surface area contributed by atoms with Gasteiger partial charge in [-0.3, -0.25) is 4.79 Å². The number of nitrogens with zero attached hydrogens (tertiary/aromatic N) is 1. The van der Waals surface area contributed by atoms with Crippen LogP contribution in [-0.4, -0.2) is 42.2 Å². The van der Waals surface area contributed by atoms with Crippen molar-refractivity contribution >= 4 is 11.6 Å². The number of hydrogen-bond donors (Lipinski definition) is 2. The number of rotatable bonds is 4. The predicted molar refractivity (Wildman–Crippen MR) is 74.0 cm³/mol. The van der Waals surface area contributed by atoms with Crippen LogP contribution in [0.15, 0.2) is 18.2 Å². The number of aliphatic hydroxyl groups is 1. The molecule has 0 atom stereocenters. The zero-order valence-electron chi connectivity index (χ0n) is 11.7. The van der Waals surface area contributed by atoms with Gasteiger partial charge in [-0.2, -0.15) is 0 Å². The summed E-state index contributed by atoms with van der Waals surface area (Å²) in [5.74, 6) is -0.0720. The van der Waals surface area contributed by atoms with E-state index in [0.29, 0.717) is 12.1 Å². The van der Waals surface area contributed by atoms with Crippen molar-refractivity contribution in [1.82, 2.24) is 4.90 Å². The fraction of sp³-hybridized carbons (Fsp3) is 0.500. The number of amides is 1. The number of carbonyl (C=O) groups is 1. The molecule has 4 nitrogen and oxygen atoms in total. The average molecular weight is 250 g/mol. The smallest absolute Gasteiger partial charge is 0.253 e. The third-order valence-corrected chi connectivity index (χ3v) is 2.72. The normalized spacial score (nSPS) is 11.2. The lowest BCUT2D eigenvalue weighted by Crippen LogP contribution is -2.39. The second-order valence-electron chi connectivity index (χ2n) is 5.25. The second-order valence-corrected chi connectivity index (χ2v) is 5.25. The fourth-order valence-electron chi connectivity index (χ4n) is 1.92. The summed E-state index contributed by atoms with van der Waals surface area (Å²) in [7, 11) is 3.54. The summed E-state index contributed by atoms with van der Waals surface area (Å²) in [5.41, 5.74) is 1.69. The van der Waals surface area contributed by atoms with E-state index in [9.17, 15) is 9.90 Å². The Morgan fingerprint density at radius 2 is 2.06 bits per heavy atom.